The number of furan rings is 1. The molecule has 5 rings (SSSR count). The molecule has 9 heteroatoms. The fraction of sp³-hybridized carbons (Fsp3) is 0.125. The first-order valence-electron chi connectivity index (χ1n) is 10.2. The van der Waals surface area contributed by atoms with Gasteiger partial charge in [0.05, 0.1) is 29.6 Å². The molecule has 2 amide bonds. The van der Waals surface area contributed by atoms with E-state index in [-0.39, 0.29) is 25.0 Å². The first kappa shape index (κ1) is 20.8. The van der Waals surface area contributed by atoms with Gasteiger partial charge in [-0.15, -0.1) is 11.3 Å². The average Bonchev–Trinajstić information content (AvgIpc) is 3.59. The second-order valence-corrected chi connectivity index (χ2v) is 8.12. The van der Waals surface area contributed by atoms with Crippen molar-refractivity contribution in [2.24, 2.45) is 0 Å². The Morgan fingerprint density at radius 2 is 1.91 bits per heavy atom. The minimum absolute atomic E-state index is 0.0877. The summed E-state index contributed by atoms with van der Waals surface area (Å²) in [6.07, 6.45) is 1.67. The number of thiazole rings is 1. The van der Waals surface area contributed by atoms with Gasteiger partial charge in [0.25, 0.3) is 5.91 Å². The molecule has 8 nitrogen and oxygen atoms in total. The van der Waals surface area contributed by atoms with Gasteiger partial charge in [0, 0.05) is 11.9 Å². The molecule has 0 saturated carbocycles. The molecule has 1 aliphatic rings. The predicted octanol–water partition coefficient (Wildman–Crippen LogP) is 4.24. The lowest BCUT2D eigenvalue weighted by atomic mass is 10.1. The van der Waals surface area contributed by atoms with E-state index in [0.29, 0.717) is 45.8 Å². The van der Waals surface area contributed by atoms with Gasteiger partial charge in [-0.2, -0.15) is 0 Å². The van der Waals surface area contributed by atoms with Crippen molar-refractivity contribution in [3.63, 3.8) is 0 Å². The van der Waals surface area contributed by atoms with Crippen LogP contribution < -0.4 is 20.1 Å². The quantitative estimate of drug-likeness (QED) is 0.427. The number of ether oxygens (including phenoxy) is 2. The highest BCUT2D eigenvalue weighted by Crippen LogP contribution is 2.32. The van der Waals surface area contributed by atoms with Crippen LogP contribution in [-0.2, 0) is 17.8 Å². The molecule has 0 unspecified atom stereocenters. The van der Waals surface area contributed by atoms with Gasteiger partial charge in [-0.1, -0.05) is 18.2 Å². The zero-order chi connectivity index (χ0) is 22.6. The number of carbonyl (C=O) groups excluding carboxylic acids is 2. The SMILES string of the molecule is O=C(Cc1csc(-c2ccco2)n1)Nc1ccccc1C(=O)NCc1ccc2c(c1)OCO2. The Kier molecular flexibility index (Phi) is 5.77. The van der Waals surface area contributed by atoms with Crippen molar-refractivity contribution in [3.05, 3.63) is 83.1 Å². The highest BCUT2D eigenvalue weighted by Gasteiger charge is 2.17. The molecule has 0 spiro atoms. The van der Waals surface area contributed by atoms with E-state index in [0.717, 1.165) is 5.56 Å². The zero-order valence-corrected chi connectivity index (χ0v) is 18.2. The summed E-state index contributed by atoms with van der Waals surface area (Å²) in [6.45, 7) is 0.509. The van der Waals surface area contributed by atoms with Crippen LogP contribution in [0.25, 0.3) is 10.8 Å². The van der Waals surface area contributed by atoms with Crippen molar-refractivity contribution in [1.82, 2.24) is 10.3 Å². The fourth-order valence-electron chi connectivity index (χ4n) is 3.38. The number of hydrogen-bond donors (Lipinski definition) is 2. The van der Waals surface area contributed by atoms with Crippen LogP contribution >= 0.6 is 11.3 Å². The Hall–Kier alpha value is -4.11. The summed E-state index contributed by atoms with van der Waals surface area (Å²) >= 11 is 1.41. The van der Waals surface area contributed by atoms with Crippen LogP contribution in [-0.4, -0.2) is 23.6 Å². The van der Waals surface area contributed by atoms with Gasteiger partial charge in [0.1, 0.15) is 0 Å². The van der Waals surface area contributed by atoms with Gasteiger partial charge in [0.2, 0.25) is 12.7 Å². The molecule has 2 N–H and O–H groups in total. The molecule has 4 aromatic rings. The summed E-state index contributed by atoms with van der Waals surface area (Å²) in [7, 11) is 0. The smallest absolute Gasteiger partial charge is 0.253 e. The predicted molar refractivity (Wildman–Crippen MR) is 122 cm³/mol. The molecule has 0 radical (unpaired) electrons. The lowest BCUT2D eigenvalue weighted by Crippen LogP contribution is -2.25. The third-order valence-electron chi connectivity index (χ3n) is 4.96. The molecule has 166 valence electrons. The number of hydrogen-bond acceptors (Lipinski definition) is 7. The van der Waals surface area contributed by atoms with Gasteiger partial charge in [-0.25, -0.2) is 4.98 Å². The molecule has 0 bridgehead atoms. The fourth-order valence-corrected chi connectivity index (χ4v) is 4.17. The van der Waals surface area contributed by atoms with Crippen LogP contribution in [0.3, 0.4) is 0 Å². The van der Waals surface area contributed by atoms with Crippen LogP contribution in [0.15, 0.2) is 70.7 Å². The molecule has 0 fully saturated rings. The summed E-state index contributed by atoms with van der Waals surface area (Å²) in [5.41, 5.74) is 2.33. The molecule has 2 aromatic carbocycles. The Morgan fingerprint density at radius 3 is 2.79 bits per heavy atom. The van der Waals surface area contributed by atoms with Crippen molar-refractivity contribution >= 4 is 28.8 Å². The third kappa shape index (κ3) is 4.73. The van der Waals surface area contributed by atoms with Gasteiger partial charge in [-0.05, 0) is 42.0 Å². The largest absolute Gasteiger partial charge is 0.462 e. The van der Waals surface area contributed by atoms with Crippen molar-refractivity contribution in [2.45, 2.75) is 13.0 Å². The Balaban J connectivity index is 1.22. The summed E-state index contributed by atoms with van der Waals surface area (Å²) in [5, 5.41) is 8.24. The highest BCUT2D eigenvalue weighted by atomic mass is 32.1. The molecule has 0 saturated heterocycles. The number of carbonyl (C=O) groups is 2. The minimum Gasteiger partial charge on any atom is -0.462 e. The number of nitrogens with one attached hydrogen (secondary N) is 2. The van der Waals surface area contributed by atoms with Crippen LogP contribution in [0.5, 0.6) is 11.5 Å². The summed E-state index contributed by atoms with van der Waals surface area (Å²) in [6, 6.07) is 16.0. The van der Waals surface area contributed by atoms with E-state index >= 15 is 0 Å². The maximum absolute atomic E-state index is 12.8. The highest BCUT2D eigenvalue weighted by molar-refractivity contribution is 7.13. The summed E-state index contributed by atoms with van der Waals surface area (Å²) < 4.78 is 16.0. The molecular weight excluding hydrogens is 442 g/mol. The van der Waals surface area contributed by atoms with Crippen LogP contribution in [0.1, 0.15) is 21.6 Å². The number of para-hydroxylation sites is 1. The Morgan fingerprint density at radius 1 is 1.03 bits per heavy atom. The second kappa shape index (κ2) is 9.17. The van der Waals surface area contributed by atoms with Gasteiger partial charge in [0.15, 0.2) is 22.3 Å². The number of fused-ring (bicyclic) bond motifs is 1. The van der Waals surface area contributed by atoms with E-state index in [1.165, 1.54) is 11.3 Å². The molecule has 3 heterocycles. The van der Waals surface area contributed by atoms with Crippen molar-refractivity contribution in [3.8, 4) is 22.3 Å². The van der Waals surface area contributed by atoms with Crippen LogP contribution in [0, 0.1) is 0 Å². The average molecular weight is 461 g/mol. The first-order chi connectivity index (χ1) is 16.2. The molecule has 0 aliphatic carbocycles. The lowest BCUT2D eigenvalue weighted by molar-refractivity contribution is -0.115. The second-order valence-electron chi connectivity index (χ2n) is 7.26. The Bertz CT molecular complexity index is 1300. The number of aromatic nitrogens is 1. The van der Waals surface area contributed by atoms with E-state index in [1.54, 1.807) is 36.6 Å². The topological polar surface area (TPSA) is 103 Å². The normalized spacial score (nSPS) is 11.9. The number of anilines is 1. The monoisotopic (exact) mass is 461 g/mol. The van der Waals surface area contributed by atoms with Crippen LogP contribution in [0.2, 0.25) is 0 Å². The first-order valence-corrected chi connectivity index (χ1v) is 11.1. The summed E-state index contributed by atoms with van der Waals surface area (Å²) in [5.74, 6) is 1.46. The number of nitrogens with zero attached hydrogens (tertiary/aromatic N) is 1. The van der Waals surface area contributed by atoms with Gasteiger partial charge < -0.3 is 24.5 Å². The van der Waals surface area contributed by atoms with Crippen LogP contribution in [0.4, 0.5) is 5.69 Å². The molecular formula is C24H19N3O5S. The number of benzene rings is 2. The minimum atomic E-state index is -0.294. The molecule has 2 aromatic heterocycles. The van der Waals surface area contributed by atoms with Gasteiger partial charge in [-0.3, -0.25) is 9.59 Å². The molecule has 0 atom stereocenters. The lowest BCUT2D eigenvalue weighted by Gasteiger charge is -2.11. The standard InChI is InChI=1S/C24H19N3O5S/c28-22(11-16-13-33-24(26-16)20-6-3-9-30-20)27-18-5-2-1-4-17(18)23(29)25-12-15-7-8-19-21(10-15)32-14-31-19/h1-10,13H,11-12,14H2,(H,25,29)(H,27,28). The van der Waals surface area contributed by atoms with E-state index in [1.807, 2.05) is 29.6 Å². The van der Waals surface area contributed by atoms with Crippen molar-refractivity contribution in [2.75, 3.05) is 12.1 Å². The number of rotatable bonds is 7. The molecule has 33 heavy (non-hydrogen) atoms. The molecule has 1 aliphatic heterocycles. The van der Waals surface area contributed by atoms with E-state index in [2.05, 4.69) is 15.6 Å². The van der Waals surface area contributed by atoms with E-state index in [9.17, 15) is 9.59 Å². The van der Waals surface area contributed by atoms with Crippen molar-refractivity contribution < 1.29 is 23.5 Å². The number of amides is 2. The van der Waals surface area contributed by atoms with Crippen molar-refractivity contribution in [1.29, 1.82) is 0 Å². The Labute approximate surface area is 193 Å². The maximum atomic E-state index is 12.8. The third-order valence-corrected chi connectivity index (χ3v) is 5.87. The zero-order valence-electron chi connectivity index (χ0n) is 17.4. The van der Waals surface area contributed by atoms with E-state index in [4.69, 9.17) is 13.9 Å². The van der Waals surface area contributed by atoms with Gasteiger partial charge >= 0.3 is 0 Å². The summed E-state index contributed by atoms with van der Waals surface area (Å²) in [4.78, 5) is 29.9. The maximum Gasteiger partial charge on any atom is 0.253 e. The van der Waals surface area contributed by atoms with E-state index < -0.39 is 0 Å².